The number of hydrogen-bond acceptors (Lipinski definition) is 8. The minimum Gasteiger partial charge on any atom is -0.462 e. The minimum absolute atomic E-state index is 0.0485. The first kappa shape index (κ1) is 58.5. The third-order valence-corrected chi connectivity index (χ3v) is 11.1. The van der Waals surface area contributed by atoms with Crippen molar-refractivity contribution in [1.29, 1.82) is 0 Å². The second-order valence-corrected chi connectivity index (χ2v) is 17.4. The van der Waals surface area contributed by atoms with Crippen LogP contribution in [0.2, 0.25) is 0 Å². The highest BCUT2D eigenvalue weighted by Gasteiger charge is 2.26. The van der Waals surface area contributed by atoms with Crippen LogP contribution in [0.4, 0.5) is 0 Å². The Morgan fingerprint density at radius 2 is 0.902 bits per heavy atom. The van der Waals surface area contributed by atoms with E-state index in [0.29, 0.717) is 6.42 Å². The molecule has 0 aliphatic rings. The lowest BCUT2D eigenvalue weighted by Crippen LogP contribution is -2.29. The van der Waals surface area contributed by atoms with Crippen molar-refractivity contribution in [3.05, 3.63) is 72.9 Å². The van der Waals surface area contributed by atoms with E-state index in [1.165, 1.54) is 83.5 Å². The molecule has 0 fully saturated rings. The molecule has 9 nitrogen and oxygen atoms in total. The Morgan fingerprint density at radius 3 is 1.34 bits per heavy atom. The Labute approximate surface area is 373 Å². The molecule has 0 heterocycles. The molecule has 3 N–H and O–H groups in total. The molecule has 0 aromatic heterocycles. The highest BCUT2D eigenvalue weighted by atomic mass is 31.2. The zero-order valence-electron chi connectivity index (χ0n) is 38.9. The maximum Gasteiger partial charge on any atom is 0.472 e. The molecule has 0 aliphatic heterocycles. The molecule has 0 aliphatic carbocycles. The van der Waals surface area contributed by atoms with Crippen LogP contribution in [0.3, 0.4) is 0 Å². The van der Waals surface area contributed by atoms with E-state index in [2.05, 4.69) is 86.8 Å². The van der Waals surface area contributed by atoms with E-state index in [0.717, 1.165) is 89.9 Å². The Hall–Kier alpha value is -2.55. The number of rotatable bonds is 45. The Bertz CT molecular complexity index is 1230. The van der Waals surface area contributed by atoms with Crippen molar-refractivity contribution in [2.75, 3.05) is 26.4 Å². The molecule has 352 valence electrons. The van der Waals surface area contributed by atoms with Crippen LogP contribution in [0.25, 0.3) is 0 Å². The molecule has 10 heteroatoms. The van der Waals surface area contributed by atoms with E-state index in [4.69, 9.17) is 24.3 Å². The summed E-state index contributed by atoms with van der Waals surface area (Å²) >= 11 is 0. The molecule has 61 heavy (non-hydrogen) atoms. The van der Waals surface area contributed by atoms with Gasteiger partial charge in [-0.3, -0.25) is 18.6 Å². The van der Waals surface area contributed by atoms with Gasteiger partial charge in [0.2, 0.25) is 0 Å². The molecular weight excluding hydrogens is 786 g/mol. The fourth-order valence-electron chi connectivity index (χ4n) is 6.48. The zero-order valence-corrected chi connectivity index (χ0v) is 39.8. The van der Waals surface area contributed by atoms with Gasteiger partial charge in [0.1, 0.15) is 6.61 Å². The van der Waals surface area contributed by atoms with Gasteiger partial charge in [0.25, 0.3) is 0 Å². The van der Waals surface area contributed by atoms with Crippen LogP contribution in [0, 0.1) is 0 Å². The molecule has 0 bridgehead atoms. The van der Waals surface area contributed by atoms with Crippen molar-refractivity contribution in [2.45, 2.75) is 213 Å². The van der Waals surface area contributed by atoms with Crippen molar-refractivity contribution in [2.24, 2.45) is 5.73 Å². The molecule has 0 radical (unpaired) electrons. The first-order valence-corrected chi connectivity index (χ1v) is 25.9. The van der Waals surface area contributed by atoms with Gasteiger partial charge in [-0.05, 0) is 83.5 Å². The maximum atomic E-state index is 12.6. The normalized spacial score (nSPS) is 13.8. The van der Waals surface area contributed by atoms with Crippen LogP contribution in [-0.4, -0.2) is 49.3 Å². The number of nitrogens with two attached hydrogens (primary N) is 1. The van der Waals surface area contributed by atoms with Crippen LogP contribution in [0.1, 0.15) is 206 Å². The van der Waals surface area contributed by atoms with Gasteiger partial charge in [-0.2, -0.15) is 0 Å². The third-order valence-electron chi connectivity index (χ3n) is 10.1. The van der Waals surface area contributed by atoms with Crippen molar-refractivity contribution in [3.63, 3.8) is 0 Å². The van der Waals surface area contributed by atoms with Crippen LogP contribution in [-0.2, 0) is 32.7 Å². The summed E-state index contributed by atoms with van der Waals surface area (Å²) in [4.78, 5) is 35.0. The summed E-state index contributed by atoms with van der Waals surface area (Å²) in [6, 6.07) is 0. The van der Waals surface area contributed by atoms with Gasteiger partial charge in [0, 0.05) is 19.4 Å². The van der Waals surface area contributed by atoms with E-state index >= 15 is 0 Å². The number of hydrogen-bond donors (Lipinski definition) is 2. The summed E-state index contributed by atoms with van der Waals surface area (Å²) in [7, 11) is -4.39. The van der Waals surface area contributed by atoms with Crippen LogP contribution < -0.4 is 5.73 Å². The van der Waals surface area contributed by atoms with Crippen molar-refractivity contribution >= 4 is 19.8 Å². The highest BCUT2D eigenvalue weighted by Crippen LogP contribution is 2.43. The van der Waals surface area contributed by atoms with E-state index in [9.17, 15) is 19.0 Å². The van der Waals surface area contributed by atoms with Crippen LogP contribution in [0.15, 0.2) is 72.9 Å². The van der Waals surface area contributed by atoms with E-state index in [1.54, 1.807) is 0 Å². The quantitative estimate of drug-likeness (QED) is 0.0265. The number of carbonyl (C=O) groups excluding carboxylic acids is 2. The van der Waals surface area contributed by atoms with Gasteiger partial charge in [-0.1, -0.05) is 183 Å². The molecule has 0 rings (SSSR count). The van der Waals surface area contributed by atoms with Gasteiger partial charge >= 0.3 is 19.8 Å². The standard InChI is InChI=1S/C51H90NO8P/c1-3-5-7-9-11-13-15-17-19-21-22-23-24-25-26-28-30-32-34-36-38-40-42-44-51(54)60-49(48-59-61(55,56)58-46-45-52)47-57-50(53)43-41-39-37-35-33-31-29-27-20-18-16-14-12-10-8-6-4-2/h5,7,11-14,17-20,22-23,49H,3-4,6,8-10,15-16,21,24-48,52H2,1-2H3,(H,55,56)/b7-5-,13-11-,14-12-,19-17-,20-18-,23-22-. The first-order valence-electron chi connectivity index (χ1n) is 24.4. The van der Waals surface area contributed by atoms with Gasteiger partial charge in [-0.15, -0.1) is 0 Å². The fourth-order valence-corrected chi connectivity index (χ4v) is 7.24. The summed E-state index contributed by atoms with van der Waals surface area (Å²) in [6.45, 7) is 3.59. The molecule has 0 amide bonds. The lowest BCUT2D eigenvalue weighted by molar-refractivity contribution is -0.161. The number of ether oxygens (including phenoxy) is 2. The third kappa shape index (κ3) is 46.8. The predicted octanol–water partition coefficient (Wildman–Crippen LogP) is 14.6. The van der Waals surface area contributed by atoms with E-state index < -0.39 is 32.5 Å². The Balaban J connectivity index is 4.10. The summed E-state index contributed by atoms with van der Waals surface area (Å²) in [6.07, 6.45) is 57.9. The molecular formula is C51H90NO8P. The Kier molecular flexibility index (Phi) is 45.0. The minimum atomic E-state index is -4.39. The monoisotopic (exact) mass is 876 g/mol. The molecule has 0 aromatic carbocycles. The maximum absolute atomic E-state index is 12.6. The molecule has 0 saturated heterocycles. The van der Waals surface area contributed by atoms with Crippen LogP contribution >= 0.6 is 7.82 Å². The fraction of sp³-hybridized carbons (Fsp3) is 0.725. The SMILES string of the molecule is CC/C=C\C/C=C\C/C=C\C/C=C\CCCCCCCCCCCCC(=O)OC(COC(=O)CCCCCCCCC/C=C\C/C=C\CCCCC)COP(=O)(O)OCCN. The van der Waals surface area contributed by atoms with Gasteiger partial charge in [0.05, 0.1) is 13.2 Å². The van der Waals surface area contributed by atoms with Gasteiger partial charge < -0.3 is 20.1 Å². The van der Waals surface area contributed by atoms with Crippen LogP contribution in [0.5, 0.6) is 0 Å². The smallest absolute Gasteiger partial charge is 0.462 e. The van der Waals surface area contributed by atoms with Gasteiger partial charge in [0.15, 0.2) is 6.10 Å². The number of phosphoric ester groups is 1. The average molecular weight is 876 g/mol. The first-order chi connectivity index (χ1) is 29.8. The van der Waals surface area contributed by atoms with Crippen molar-refractivity contribution in [1.82, 2.24) is 0 Å². The Morgan fingerprint density at radius 1 is 0.508 bits per heavy atom. The second-order valence-electron chi connectivity index (χ2n) is 15.9. The lowest BCUT2D eigenvalue weighted by atomic mass is 10.0. The summed E-state index contributed by atoms with van der Waals surface area (Å²) < 4.78 is 32.9. The summed E-state index contributed by atoms with van der Waals surface area (Å²) in [5.74, 6) is -0.844. The number of phosphoric acid groups is 1. The predicted molar refractivity (Wildman–Crippen MR) is 256 cm³/mol. The zero-order chi connectivity index (χ0) is 44.6. The van der Waals surface area contributed by atoms with Crippen molar-refractivity contribution in [3.8, 4) is 0 Å². The number of unbranched alkanes of at least 4 members (excludes halogenated alkanes) is 20. The lowest BCUT2D eigenvalue weighted by Gasteiger charge is -2.19. The summed E-state index contributed by atoms with van der Waals surface area (Å²) in [5.41, 5.74) is 5.36. The molecule has 0 saturated carbocycles. The molecule has 0 spiro atoms. The molecule has 2 unspecified atom stereocenters. The van der Waals surface area contributed by atoms with Crippen molar-refractivity contribution < 1.29 is 37.6 Å². The topological polar surface area (TPSA) is 134 Å². The number of esters is 2. The number of allylic oxidation sites excluding steroid dienone is 12. The molecule has 2 atom stereocenters. The largest absolute Gasteiger partial charge is 0.472 e. The summed E-state index contributed by atoms with van der Waals surface area (Å²) in [5, 5.41) is 0. The second kappa shape index (κ2) is 46.9. The van der Waals surface area contributed by atoms with E-state index in [-0.39, 0.29) is 32.6 Å². The van der Waals surface area contributed by atoms with E-state index in [1.807, 2.05) is 0 Å². The number of carbonyl (C=O) groups is 2. The molecule has 0 aromatic rings. The van der Waals surface area contributed by atoms with Gasteiger partial charge in [-0.25, -0.2) is 4.57 Å². The highest BCUT2D eigenvalue weighted by molar-refractivity contribution is 7.47. The average Bonchev–Trinajstić information content (AvgIpc) is 3.25.